The van der Waals surface area contributed by atoms with Crippen molar-refractivity contribution in [2.75, 3.05) is 51.3 Å². The predicted octanol–water partition coefficient (Wildman–Crippen LogP) is 0.758. The molecule has 2 saturated heterocycles. The summed E-state index contributed by atoms with van der Waals surface area (Å²) in [5, 5.41) is 0. The number of rotatable bonds is 5. The van der Waals surface area contributed by atoms with Gasteiger partial charge in [-0.15, -0.1) is 0 Å². The van der Waals surface area contributed by atoms with E-state index in [0.29, 0.717) is 25.4 Å². The lowest BCUT2D eigenvalue weighted by Crippen LogP contribution is -2.53. The zero-order valence-corrected chi connectivity index (χ0v) is 16.5. The van der Waals surface area contributed by atoms with Crippen LogP contribution >= 0.6 is 0 Å². The van der Waals surface area contributed by atoms with Crippen LogP contribution in [-0.2, 0) is 21.2 Å². The van der Waals surface area contributed by atoms with Crippen LogP contribution in [0.5, 0.6) is 0 Å². The second-order valence-electron chi connectivity index (χ2n) is 7.57. The summed E-state index contributed by atoms with van der Waals surface area (Å²) in [6.07, 6.45) is 0.732. The molecule has 0 saturated carbocycles. The molecule has 0 bridgehead atoms. The van der Waals surface area contributed by atoms with Gasteiger partial charge in [0, 0.05) is 38.8 Å². The van der Waals surface area contributed by atoms with Crippen LogP contribution in [-0.4, -0.2) is 86.3 Å². The highest BCUT2D eigenvalue weighted by Crippen LogP contribution is 2.19. The molecule has 6 nitrogen and oxygen atoms in total. The van der Waals surface area contributed by atoms with E-state index in [1.54, 1.807) is 0 Å². The van der Waals surface area contributed by atoms with Gasteiger partial charge in [0.25, 0.3) is 0 Å². The summed E-state index contributed by atoms with van der Waals surface area (Å²) in [6, 6.07) is 8.39. The van der Waals surface area contributed by atoms with Crippen molar-refractivity contribution in [1.29, 1.82) is 0 Å². The van der Waals surface area contributed by atoms with Gasteiger partial charge >= 0.3 is 0 Å². The van der Waals surface area contributed by atoms with E-state index >= 15 is 0 Å². The fourth-order valence-electron chi connectivity index (χ4n) is 3.86. The lowest BCUT2D eigenvalue weighted by atomic mass is 10.1. The van der Waals surface area contributed by atoms with Crippen molar-refractivity contribution in [1.82, 2.24) is 14.7 Å². The molecule has 144 valence electrons. The van der Waals surface area contributed by atoms with Crippen LogP contribution in [0.3, 0.4) is 0 Å². The first-order chi connectivity index (χ1) is 12.3. The number of benzene rings is 1. The number of likely N-dealkylation sites (N-methyl/N-ethyl adjacent to an activating group) is 1. The molecule has 1 amide bonds. The second-order valence-corrected chi connectivity index (χ2v) is 9.80. The molecule has 0 N–H and O–H groups in total. The summed E-state index contributed by atoms with van der Waals surface area (Å²) in [6.45, 7) is 6.18. The maximum atomic E-state index is 12.6. The summed E-state index contributed by atoms with van der Waals surface area (Å²) in [5.41, 5.74) is 2.49. The molecule has 2 heterocycles. The van der Waals surface area contributed by atoms with Crippen LogP contribution in [0.1, 0.15) is 17.5 Å². The first-order valence-electron chi connectivity index (χ1n) is 9.29. The monoisotopic (exact) mass is 379 g/mol. The van der Waals surface area contributed by atoms with E-state index < -0.39 is 9.84 Å². The lowest BCUT2D eigenvalue weighted by Gasteiger charge is -2.38. The van der Waals surface area contributed by atoms with E-state index in [9.17, 15) is 13.2 Å². The molecule has 3 rings (SSSR count). The van der Waals surface area contributed by atoms with Crippen molar-refractivity contribution in [3.63, 3.8) is 0 Å². The fourth-order valence-corrected chi connectivity index (χ4v) is 5.63. The maximum absolute atomic E-state index is 12.6. The fraction of sp³-hybridized carbons (Fsp3) is 0.632. The first kappa shape index (κ1) is 19.3. The first-order valence-corrected chi connectivity index (χ1v) is 11.1. The Morgan fingerprint density at radius 2 is 1.88 bits per heavy atom. The molecule has 1 aromatic carbocycles. The number of hydrogen-bond donors (Lipinski definition) is 0. The molecule has 0 unspecified atom stereocenters. The average molecular weight is 380 g/mol. The molecular weight excluding hydrogens is 350 g/mol. The van der Waals surface area contributed by atoms with E-state index in [-0.39, 0.29) is 17.7 Å². The Morgan fingerprint density at radius 1 is 1.19 bits per heavy atom. The third kappa shape index (κ3) is 4.84. The summed E-state index contributed by atoms with van der Waals surface area (Å²) in [4.78, 5) is 18.8. The van der Waals surface area contributed by atoms with Crippen LogP contribution in [0.25, 0.3) is 0 Å². The Balaban J connectivity index is 1.45. The summed E-state index contributed by atoms with van der Waals surface area (Å²) in [5.74, 6) is 0.737. The number of amides is 1. The van der Waals surface area contributed by atoms with Gasteiger partial charge in [-0.05, 0) is 31.5 Å². The number of piperazine rings is 1. The second kappa shape index (κ2) is 8.06. The van der Waals surface area contributed by atoms with Crippen LogP contribution < -0.4 is 0 Å². The minimum Gasteiger partial charge on any atom is -0.339 e. The third-order valence-electron chi connectivity index (χ3n) is 5.50. The van der Waals surface area contributed by atoms with Crippen molar-refractivity contribution in [3.8, 4) is 0 Å². The molecular formula is C19H29N3O3S. The topological polar surface area (TPSA) is 60.9 Å². The van der Waals surface area contributed by atoms with Gasteiger partial charge in [0.1, 0.15) is 0 Å². The van der Waals surface area contributed by atoms with Crippen molar-refractivity contribution < 1.29 is 13.2 Å². The Kier molecular flexibility index (Phi) is 5.99. The van der Waals surface area contributed by atoms with Gasteiger partial charge in [-0.1, -0.05) is 24.3 Å². The van der Waals surface area contributed by atoms with E-state index in [1.165, 1.54) is 11.1 Å². The summed E-state index contributed by atoms with van der Waals surface area (Å²) in [7, 11) is -0.877. The smallest absolute Gasteiger partial charge is 0.236 e. The number of sulfone groups is 1. The quantitative estimate of drug-likeness (QED) is 0.756. The number of nitrogens with zero attached hydrogens (tertiary/aromatic N) is 3. The van der Waals surface area contributed by atoms with Crippen LogP contribution in [0.4, 0.5) is 0 Å². The van der Waals surface area contributed by atoms with Gasteiger partial charge in [-0.3, -0.25) is 14.6 Å². The van der Waals surface area contributed by atoms with E-state index in [1.807, 2.05) is 24.1 Å². The van der Waals surface area contributed by atoms with Gasteiger partial charge in [0.05, 0.1) is 18.1 Å². The molecule has 7 heteroatoms. The third-order valence-corrected chi connectivity index (χ3v) is 7.25. The van der Waals surface area contributed by atoms with E-state index in [0.717, 1.165) is 26.1 Å². The maximum Gasteiger partial charge on any atom is 0.236 e. The van der Waals surface area contributed by atoms with Gasteiger partial charge in [-0.25, -0.2) is 8.42 Å². The zero-order chi connectivity index (χ0) is 18.7. The molecule has 0 aliphatic carbocycles. The van der Waals surface area contributed by atoms with Crippen LogP contribution in [0, 0.1) is 6.92 Å². The number of carbonyl (C=O) groups excluding carboxylic acids is 1. The minimum atomic E-state index is -2.85. The van der Waals surface area contributed by atoms with Crippen molar-refractivity contribution in [2.45, 2.75) is 25.9 Å². The Morgan fingerprint density at radius 3 is 2.50 bits per heavy atom. The van der Waals surface area contributed by atoms with E-state index in [2.05, 4.69) is 28.9 Å². The predicted molar refractivity (Wildman–Crippen MR) is 103 cm³/mol. The highest BCUT2D eigenvalue weighted by Gasteiger charge is 2.34. The highest BCUT2D eigenvalue weighted by molar-refractivity contribution is 7.91. The lowest BCUT2D eigenvalue weighted by molar-refractivity contribution is -0.134. The normalized spacial score (nSPS) is 23.5. The molecule has 0 aromatic heterocycles. The largest absolute Gasteiger partial charge is 0.339 e. The Hall–Kier alpha value is -1.44. The van der Waals surface area contributed by atoms with Crippen molar-refractivity contribution >= 4 is 15.7 Å². The number of aryl methyl sites for hydroxylation is 1. The van der Waals surface area contributed by atoms with Gasteiger partial charge in [0.2, 0.25) is 5.91 Å². The van der Waals surface area contributed by atoms with Crippen molar-refractivity contribution in [3.05, 3.63) is 35.4 Å². The molecule has 0 spiro atoms. The zero-order valence-electron chi connectivity index (χ0n) is 15.7. The molecule has 26 heavy (non-hydrogen) atoms. The van der Waals surface area contributed by atoms with Crippen LogP contribution in [0.2, 0.25) is 0 Å². The highest BCUT2D eigenvalue weighted by atomic mass is 32.2. The summed E-state index contributed by atoms with van der Waals surface area (Å²) < 4.78 is 23.3. The van der Waals surface area contributed by atoms with Gasteiger partial charge in [-0.2, -0.15) is 0 Å². The molecule has 0 radical (unpaired) electrons. The molecule has 1 atom stereocenters. The minimum absolute atomic E-state index is 0.140. The summed E-state index contributed by atoms with van der Waals surface area (Å²) >= 11 is 0. The van der Waals surface area contributed by atoms with Gasteiger partial charge < -0.3 is 4.90 Å². The molecule has 1 aromatic rings. The SMILES string of the molecule is Cc1ccccc1CN(C)CC(=O)N1CCN([C@@H]2CCS(=O)(=O)C2)CC1. The number of hydrogen-bond acceptors (Lipinski definition) is 5. The molecule has 2 aliphatic rings. The van der Waals surface area contributed by atoms with Crippen molar-refractivity contribution in [2.24, 2.45) is 0 Å². The average Bonchev–Trinajstić information content (AvgIpc) is 2.97. The molecule has 2 fully saturated rings. The van der Waals surface area contributed by atoms with E-state index in [4.69, 9.17) is 0 Å². The Bertz CT molecular complexity index is 742. The number of carbonyl (C=O) groups is 1. The Labute approximate surface area is 156 Å². The van der Waals surface area contributed by atoms with Gasteiger partial charge in [0.15, 0.2) is 9.84 Å². The molecule has 2 aliphatic heterocycles. The standard InChI is InChI=1S/C19H29N3O3S/c1-16-5-3-4-6-17(16)13-20(2)14-19(23)22-10-8-21(9-11-22)18-7-12-26(24,25)15-18/h3-6,18H,7-15H2,1-2H3/t18-/m1/s1. The van der Waals surface area contributed by atoms with Crippen LogP contribution in [0.15, 0.2) is 24.3 Å².